The van der Waals surface area contributed by atoms with Gasteiger partial charge < -0.3 is 14.5 Å². The summed E-state index contributed by atoms with van der Waals surface area (Å²) in [6.07, 6.45) is 0. The Balaban J connectivity index is 0.747. The number of anilines is 6. The number of ether oxygens (including phenoxy) is 1. The summed E-state index contributed by atoms with van der Waals surface area (Å²) in [5, 5.41) is 3.29. The van der Waals surface area contributed by atoms with Crippen LogP contribution in [-0.2, 0) is 0 Å². The van der Waals surface area contributed by atoms with Crippen molar-refractivity contribution in [1.82, 2.24) is 9.36 Å². The molecule has 2 aliphatic rings. The molecule has 5 nitrogen and oxygen atoms in total. The van der Waals surface area contributed by atoms with E-state index in [1.54, 1.807) is 0 Å². The normalized spacial score (nSPS) is 12.3. The minimum Gasteiger partial charge on any atom is -0.453 e. The summed E-state index contributed by atoms with van der Waals surface area (Å²) in [6.45, 7) is 0. The van der Waals surface area contributed by atoms with E-state index in [2.05, 4.69) is 277 Å². The van der Waals surface area contributed by atoms with Crippen molar-refractivity contribution in [3.63, 3.8) is 0 Å². The molecule has 0 radical (unpaired) electrons. The Morgan fingerprint density at radius 3 is 1.52 bits per heavy atom. The Hall–Kier alpha value is -9.79. The minimum absolute atomic E-state index is 0.693. The molecule has 3 heterocycles. The van der Waals surface area contributed by atoms with Crippen molar-refractivity contribution in [1.29, 1.82) is 0 Å². The number of hydrogen-bond acceptors (Lipinski definition) is 7. The highest BCUT2D eigenvalue weighted by Gasteiger charge is 2.29. The SMILES string of the molecule is c1ccc(-c2ccc(-c3ccc4c(c3)Sc3cc(-c5cccc(-c6ccccc6)c5)ccc3N4c3cccc(-c4nc(-c5ccc(N6c7ccccc7Oc7cc(-c8ccc9ccccc9c8)ccc76)cc5)ns4)c3)cc2)cc1. The van der Waals surface area contributed by atoms with Gasteiger partial charge in [-0.05, 0) is 175 Å². The second kappa shape index (κ2) is 19.7. The van der Waals surface area contributed by atoms with Crippen LogP contribution in [0, 0.1) is 0 Å². The molecule has 1 aromatic heterocycles. The van der Waals surface area contributed by atoms with E-state index < -0.39 is 0 Å². The second-order valence-electron chi connectivity index (χ2n) is 19.9. The third-order valence-corrected chi connectivity index (χ3v) is 16.9. The molecule has 0 saturated carbocycles. The minimum atomic E-state index is 0.693. The van der Waals surface area contributed by atoms with Crippen molar-refractivity contribution >= 4 is 68.2 Å². The highest BCUT2D eigenvalue weighted by Crippen LogP contribution is 2.55. The molecule has 0 spiro atoms. The third-order valence-electron chi connectivity index (χ3n) is 15.0. The van der Waals surface area contributed by atoms with Crippen molar-refractivity contribution in [2.45, 2.75) is 9.79 Å². The van der Waals surface area contributed by atoms with Gasteiger partial charge in [-0.2, -0.15) is 4.37 Å². The van der Waals surface area contributed by atoms with E-state index in [0.29, 0.717) is 5.82 Å². The number of nitrogens with zero attached hydrogens (tertiary/aromatic N) is 4. The van der Waals surface area contributed by atoms with Gasteiger partial charge >= 0.3 is 0 Å². The first-order valence-corrected chi connectivity index (χ1v) is 28.0. The summed E-state index contributed by atoms with van der Waals surface area (Å²) in [6, 6.07) is 99.8. The summed E-state index contributed by atoms with van der Waals surface area (Å²) in [5.41, 5.74) is 20.0. The summed E-state index contributed by atoms with van der Waals surface area (Å²) in [4.78, 5) is 12.3. The predicted molar refractivity (Wildman–Crippen MR) is 329 cm³/mol. The molecular weight excluding hydrogens is 1000 g/mol. The molecule has 0 amide bonds. The van der Waals surface area contributed by atoms with Crippen molar-refractivity contribution in [3.8, 4) is 89.1 Å². The number of aromatic nitrogens is 2. The first kappa shape index (κ1) is 46.5. The molecule has 15 rings (SSSR count). The number of hydrogen-bond donors (Lipinski definition) is 0. The van der Waals surface area contributed by atoms with Crippen LogP contribution in [-0.4, -0.2) is 9.36 Å². The zero-order valence-electron chi connectivity index (χ0n) is 42.6. The lowest BCUT2D eigenvalue weighted by Gasteiger charge is -2.33. The maximum atomic E-state index is 6.61. The molecule has 0 N–H and O–H groups in total. The largest absolute Gasteiger partial charge is 0.453 e. The summed E-state index contributed by atoms with van der Waals surface area (Å²) >= 11 is 3.26. The maximum Gasteiger partial charge on any atom is 0.173 e. The monoisotopic (exact) mass is 1050 g/mol. The van der Waals surface area contributed by atoms with E-state index in [1.807, 2.05) is 23.9 Å². The van der Waals surface area contributed by atoms with Crippen molar-refractivity contribution in [3.05, 3.63) is 279 Å². The van der Waals surface area contributed by atoms with Crippen LogP contribution in [0.4, 0.5) is 34.1 Å². The summed E-state index contributed by atoms with van der Waals surface area (Å²) < 4.78 is 11.6. The van der Waals surface area contributed by atoms with Crippen LogP contribution in [0.1, 0.15) is 0 Å². The lowest BCUT2D eigenvalue weighted by Crippen LogP contribution is -2.15. The van der Waals surface area contributed by atoms with E-state index in [-0.39, 0.29) is 0 Å². The number of para-hydroxylation sites is 2. The average molecular weight is 1050 g/mol. The zero-order valence-corrected chi connectivity index (χ0v) is 44.2. The van der Waals surface area contributed by atoms with E-state index in [0.717, 1.165) is 72.9 Å². The molecule has 0 fully saturated rings. The van der Waals surface area contributed by atoms with Crippen molar-refractivity contribution in [2.75, 3.05) is 9.80 Å². The van der Waals surface area contributed by atoms with Crippen LogP contribution in [0.2, 0.25) is 0 Å². The van der Waals surface area contributed by atoms with Crippen LogP contribution < -0.4 is 14.5 Å². The molecular formula is C72H46N4OS2. The number of fused-ring (bicyclic) bond motifs is 5. The van der Waals surface area contributed by atoms with E-state index in [9.17, 15) is 0 Å². The highest BCUT2D eigenvalue weighted by molar-refractivity contribution is 7.99. The van der Waals surface area contributed by atoms with Crippen molar-refractivity contribution < 1.29 is 4.74 Å². The zero-order chi connectivity index (χ0) is 52.2. The molecule has 0 bridgehead atoms. The Labute approximate surface area is 467 Å². The van der Waals surface area contributed by atoms with Crippen molar-refractivity contribution in [2.24, 2.45) is 0 Å². The van der Waals surface area contributed by atoms with Crippen LogP contribution in [0.3, 0.4) is 0 Å². The fraction of sp³-hybridized carbons (Fsp3) is 0. The lowest BCUT2D eigenvalue weighted by atomic mass is 9.98. The smallest absolute Gasteiger partial charge is 0.173 e. The van der Waals surface area contributed by atoms with E-state index in [1.165, 1.54) is 76.6 Å². The molecule has 0 unspecified atom stereocenters. The van der Waals surface area contributed by atoms with Gasteiger partial charge in [0.2, 0.25) is 0 Å². The molecule has 0 saturated heterocycles. The number of benzene rings is 12. The van der Waals surface area contributed by atoms with Gasteiger partial charge in [-0.15, -0.1) is 0 Å². The first-order chi connectivity index (χ1) is 39.1. The van der Waals surface area contributed by atoms with Gasteiger partial charge in [-0.1, -0.05) is 194 Å². The highest BCUT2D eigenvalue weighted by atomic mass is 32.2. The molecule has 0 aliphatic carbocycles. The van der Waals surface area contributed by atoms with Crippen LogP contribution >= 0.6 is 23.3 Å². The second-order valence-corrected chi connectivity index (χ2v) is 21.7. The molecule has 13 aromatic rings. The standard InChI is InChI=1S/C72H46N4OS2/c1-3-13-47(14-4-1)50-25-27-51(28-26-50)58-34-39-65-69(45-58)78-70-46-59(55-20-11-19-54(41-55)48-15-5-2-6-16-48)35-40-66(70)76(65)62-22-12-21-60(43-62)72-73-71(74-79-72)52-31-36-61(37-32-52)75-63-23-9-10-24-67(63)77-68-44-57(33-38-64(68)75)56-30-29-49-17-7-8-18-53(49)42-56/h1-46H. The Morgan fingerprint density at radius 2 is 0.772 bits per heavy atom. The van der Waals surface area contributed by atoms with Gasteiger partial charge in [-0.25, -0.2) is 4.98 Å². The van der Waals surface area contributed by atoms with E-state index in [4.69, 9.17) is 14.1 Å². The molecule has 7 heteroatoms. The van der Waals surface area contributed by atoms with Crippen LogP contribution in [0.25, 0.3) is 88.4 Å². The Morgan fingerprint density at radius 1 is 0.291 bits per heavy atom. The number of rotatable bonds is 9. The summed E-state index contributed by atoms with van der Waals surface area (Å²) in [5.74, 6) is 2.31. The van der Waals surface area contributed by atoms with Gasteiger partial charge in [-0.3, -0.25) is 0 Å². The quantitative estimate of drug-likeness (QED) is 0.143. The van der Waals surface area contributed by atoms with Gasteiger partial charge in [0, 0.05) is 32.3 Å². The Kier molecular flexibility index (Phi) is 11.6. The van der Waals surface area contributed by atoms with Gasteiger partial charge in [0.05, 0.1) is 22.7 Å². The van der Waals surface area contributed by atoms with Crippen LogP contribution in [0.15, 0.2) is 289 Å². The Bertz CT molecular complexity index is 4440. The van der Waals surface area contributed by atoms with Gasteiger partial charge in [0.25, 0.3) is 0 Å². The topological polar surface area (TPSA) is 41.5 Å². The van der Waals surface area contributed by atoms with E-state index >= 15 is 0 Å². The molecule has 12 aromatic carbocycles. The fourth-order valence-corrected chi connectivity index (χ4v) is 12.8. The average Bonchev–Trinajstić information content (AvgIpc) is 4.08. The molecule has 372 valence electrons. The molecule has 0 atom stereocenters. The molecule has 2 aliphatic heterocycles. The van der Waals surface area contributed by atoms with Crippen LogP contribution in [0.5, 0.6) is 11.5 Å². The third kappa shape index (κ3) is 8.72. The lowest BCUT2D eigenvalue weighted by molar-refractivity contribution is 0.477. The van der Waals surface area contributed by atoms with Gasteiger partial charge in [0.1, 0.15) is 5.01 Å². The maximum absolute atomic E-state index is 6.61. The fourth-order valence-electron chi connectivity index (χ4n) is 11.0. The van der Waals surface area contributed by atoms with Gasteiger partial charge in [0.15, 0.2) is 17.3 Å². The first-order valence-electron chi connectivity index (χ1n) is 26.4. The molecule has 79 heavy (non-hydrogen) atoms. The predicted octanol–water partition coefficient (Wildman–Crippen LogP) is 20.9. The summed E-state index contributed by atoms with van der Waals surface area (Å²) in [7, 11) is 0.